The lowest BCUT2D eigenvalue weighted by Crippen LogP contribution is -2.13. The molecule has 2 aromatic carbocycles. The van der Waals surface area contributed by atoms with Gasteiger partial charge in [-0.3, -0.25) is 9.59 Å². The monoisotopic (exact) mass is 414 g/mol. The molecule has 0 bridgehead atoms. The molecule has 0 saturated heterocycles. The van der Waals surface area contributed by atoms with Crippen LogP contribution in [-0.4, -0.2) is 28.6 Å². The van der Waals surface area contributed by atoms with Crippen LogP contribution in [0.25, 0.3) is 0 Å². The third-order valence-corrected chi connectivity index (χ3v) is 4.77. The number of rotatable bonds is 8. The molecule has 0 aliphatic carbocycles. The number of nitrogens with zero attached hydrogens (tertiary/aromatic N) is 2. The topological polar surface area (TPSA) is 93.2 Å². The molecule has 0 spiro atoms. The first-order chi connectivity index (χ1) is 14.0. The summed E-state index contributed by atoms with van der Waals surface area (Å²) in [6.45, 7) is 2.37. The first-order valence-electron chi connectivity index (χ1n) is 8.96. The average Bonchev–Trinajstić information content (AvgIpc) is 3.19. The van der Waals surface area contributed by atoms with Gasteiger partial charge in [0.15, 0.2) is 0 Å². The summed E-state index contributed by atoms with van der Waals surface area (Å²) in [5, 5.41) is 14.0. The molecule has 1 heterocycles. The number of hydrogen-bond acceptors (Lipinski definition) is 6. The van der Waals surface area contributed by atoms with Crippen molar-refractivity contribution >= 4 is 34.5 Å². The minimum atomic E-state index is -0.435. The molecule has 0 radical (unpaired) electrons. The molecule has 0 aliphatic rings. The fourth-order valence-electron chi connectivity index (χ4n) is 2.45. The summed E-state index contributed by atoms with van der Waals surface area (Å²) in [6.07, 6.45) is 0.540. The summed E-state index contributed by atoms with van der Waals surface area (Å²) in [5.74, 6) is -0.400. The lowest BCUT2D eigenvalue weighted by Gasteiger charge is -2.10. The Morgan fingerprint density at radius 1 is 1.07 bits per heavy atom. The van der Waals surface area contributed by atoms with Crippen LogP contribution in [0.15, 0.2) is 48.5 Å². The van der Waals surface area contributed by atoms with Crippen LogP contribution in [0.3, 0.4) is 0 Å². The highest BCUT2D eigenvalue weighted by molar-refractivity contribution is 7.13. The van der Waals surface area contributed by atoms with Gasteiger partial charge in [-0.05, 0) is 43.3 Å². The van der Waals surface area contributed by atoms with Crippen molar-refractivity contribution in [1.29, 1.82) is 0 Å². The predicted molar refractivity (Wildman–Crippen MR) is 109 cm³/mol. The van der Waals surface area contributed by atoms with E-state index in [2.05, 4.69) is 20.8 Å². The molecule has 7 nitrogen and oxygen atoms in total. The molecule has 2 N–H and O–H groups in total. The first kappa shape index (κ1) is 20.4. The maximum absolute atomic E-state index is 12.9. The highest BCUT2D eigenvalue weighted by Crippen LogP contribution is 2.24. The third-order valence-electron chi connectivity index (χ3n) is 3.79. The van der Waals surface area contributed by atoms with Crippen molar-refractivity contribution < 1.29 is 18.7 Å². The van der Waals surface area contributed by atoms with Crippen molar-refractivity contribution in [2.24, 2.45) is 0 Å². The van der Waals surface area contributed by atoms with Gasteiger partial charge in [-0.2, -0.15) is 0 Å². The zero-order valence-corrected chi connectivity index (χ0v) is 16.5. The summed E-state index contributed by atoms with van der Waals surface area (Å²) >= 11 is 1.11. The third kappa shape index (κ3) is 5.82. The summed E-state index contributed by atoms with van der Waals surface area (Å²) in [6, 6.07) is 12.6. The van der Waals surface area contributed by atoms with Gasteiger partial charge >= 0.3 is 0 Å². The number of benzene rings is 2. The molecule has 1 aromatic heterocycles. The van der Waals surface area contributed by atoms with Crippen molar-refractivity contribution in [3.63, 3.8) is 0 Å². The summed E-state index contributed by atoms with van der Waals surface area (Å²) in [4.78, 5) is 24.4. The van der Waals surface area contributed by atoms with E-state index in [1.54, 1.807) is 12.1 Å². The quantitative estimate of drug-likeness (QED) is 0.583. The molecule has 0 aliphatic heterocycles. The fraction of sp³-hybridized carbons (Fsp3) is 0.200. The van der Waals surface area contributed by atoms with Crippen LogP contribution in [0, 0.1) is 5.82 Å². The van der Waals surface area contributed by atoms with Crippen molar-refractivity contribution in [1.82, 2.24) is 10.2 Å². The second-order valence-corrected chi connectivity index (χ2v) is 7.00. The van der Waals surface area contributed by atoms with Crippen LogP contribution in [0.1, 0.15) is 28.2 Å². The number of nitrogens with one attached hydrogen (secondary N) is 2. The molecular formula is C20H19FN4O3S. The SMILES string of the molecule is CCOc1ccccc1NC(=O)CCc1nnc(C(=O)Nc2ccc(F)cc2)s1. The molecule has 3 aromatic rings. The molecule has 150 valence electrons. The van der Waals surface area contributed by atoms with Crippen molar-refractivity contribution in [2.75, 3.05) is 17.2 Å². The zero-order valence-electron chi connectivity index (χ0n) is 15.6. The van der Waals surface area contributed by atoms with Crippen LogP contribution in [0.2, 0.25) is 0 Å². The van der Waals surface area contributed by atoms with Gasteiger partial charge < -0.3 is 15.4 Å². The van der Waals surface area contributed by atoms with Crippen LogP contribution in [0.5, 0.6) is 5.75 Å². The fourth-order valence-corrected chi connectivity index (χ4v) is 3.18. The zero-order chi connectivity index (χ0) is 20.6. The van der Waals surface area contributed by atoms with Gasteiger partial charge in [-0.25, -0.2) is 4.39 Å². The minimum Gasteiger partial charge on any atom is -0.492 e. The number of amides is 2. The summed E-state index contributed by atoms with van der Waals surface area (Å²) < 4.78 is 18.4. The normalized spacial score (nSPS) is 10.4. The lowest BCUT2D eigenvalue weighted by atomic mass is 10.2. The van der Waals surface area contributed by atoms with Gasteiger partial charge in [-0.15, -0.1) is 10.2 Å². The molecular weight excluding hydrogens is 395 g/mol. The van der Waals surface area contributed by atoms with Crippen molar-refractivity contribution in [2.45, 2.75) is 19.8 Å². The average molecular weight is 414 g/mol. The minimum absolute atomic E-state index is 0.173. The number of ether oxygens (including phenoxy) is 1. The van der Waals surface area contributed by atoms with Gasteiger partial charge in [0.25, 0.3) is 5.91 Å². The van der Waals surface area contributed by atoms with E-state index in [-0.39, 0.29) is 23.2 Å². The molecule has 2 amide bonds. The van der Waals surface area contributed by atoms with E-state index in [0.717, 1.165) is 11.3 Å². The van der Waals surface area contributed by atoms with E-state index in [0.29, 0.717) is 35.2 Å². The van der Waals surface area contributed by atoms with Gasteiger partial charge in [0.2, 0.25) is 10.9 Å². The number of carbonyl (C=O) groups is 2. The first-order valence-corrected chi connectivity index (χ1v) is 9.77. The second kappa shape index (κ2) is 9.74. The maximum atomic E-state index is 12.9. The van der Waals surface area contributed by atoms with Crippen LogP contribution in [-0.2, 0) is 11.2 Å². The van der Waals surface area contributed by atoms with Crippen molar-refractivity contribution in [3.8, 4) is 5.75 Å². The molecule has 0 unspecified atom stereocenters. The highest BCUT2D eigenvalue weighted by atomic mass is 32.1. The van der Waals surface area contributed by atoms with E-state index in [4.69, 9.17) is 4.74 Å². The lowest BCUT2D eigenvalue weighted by molar-refractivity contribution is -0.116. The summed E-state index contributed by atoms with van der Waals surface area (Å²) in [5.41, 5.74) is 1.07. The Bertz CT molecular complexity index is 991. The molecule has 0 atom stereocenters. The van der Waals surface area contributed by atoms with E-state index in [1.807, 2.05) is 19.1 Å². The number of halogens is 1. The number of carbonyl (C=O) groups excluding carboxylic acids is 2. The molecule has 0 saturated carbocycles. The standard InChI is InChI=1S/C20H19FN4O3S/c1-2-28-16-6-4-3-5-15(16)23-17(26)11-12-18-24-25-20(29-18)19(27)22-14-9-7-13(21)8-10-14/h3-10H,2,11-12H2,1H3,(H,22,27)(H,23,26). The Balaban J connectivity index is 1.53. The van der Waals surface area contributed by atoms with E-state index in [1.165, 1.54) is 24.3 Å². The predicted octanol–water partition coefficient (Wildman–Crippen LogP) is 3.90. The highest BCUT2D eigenvalue weighted by Gasteiger charge is 2.15. The van der Waals surface area contributed by atoms with Crippen LogP contribution in [0.4, 0.5) is 15.8 Å². The second-order valence-electron chi connectivity index (χ2n) is 5.94. The smallest absolute Gasteiger partial charge is 0.286 e. The number of para-hydroxylation sites is 2. The van der Waals surface area contributed by atoms with Crippen molar-refractivity contribution in [3.05, 3.63) is 64.4 Å². The number of aryl methyl sites for hydroxylation is 1. The van der Waals surface area contributed by atoms with E-state index < -0.39 is 5.91 Å². The number of hydrogen-bond donors (Lipinski definition) is 2. The van der Waals surface area contributed by atoms with E-state index in [9.17, 15) is 14.0 Å². The Labute approximate surface area is 170 Å². The Hall–Kier alpha value is -3.33. The Kier molecular flexibility index (Phi) is 6.85. The van der Waals surface area contributed by atoms with E-state index >= 15 is 0 Å². The molecule has 9 heteroatoms. The largest absolute Gasteiger partial charge is 0.492 e. The van der Waals surface area contributed by atoms with Gasteiger partial charge in [0.1, 0.15) is 16.6 Å². The molecule has 29 heavy (non-hydrogen) atoms. The van der Waals surface area contributed by atoms with Crippen LogP contribution >= 0.6 is 11.3 Å². The molecule has 0 fully saturated rings. The van der Waals surface area contributed by atoms with Gasteiger partial charge in [-0.1, -0.05) is 23.5 Å². The number of aromatic nitrogens is 2. The Morgan fingerprint density at radius 3 is 2.59 bits per heavy atom. The number of anilines is 2. The molecule has 3 rings (SSSR count). The van der Waals surface area contributed by atoms with Gasteiger partial charge in [0, 0.05) is 18.5 Å². The van der Waals surface area contributed by atoms with Crippen LogP contribution < -0.4 is 15.4 Å². The van der Waals surface area contributed by atoms with Gasteiger partial charge in [0.05, 0.1) is 12.3 Å². The summed E-state index contributed by atoms with van der Waals surface area (Å²) in [7, 11) is 0. The Morgan fingerprint density at radius 2 is 1.83 bits per heavy atom. The maximum Gasteiger partial charge on any atom is 0.286 e.